The second kappa shape index (κ2) is 6.14. The molecule has 14 heavy (non-hydrogen) atoms. The molecular formula is C10H17NO2S. The van der Waals surface area contributed by atoms with Crippen LogP contribution in [0.15, 0.2) is 17.5 Å². The number of aliphatic hydroxyl groups excluding tert-OH is 1. The molecule has 0 radical (unpaired) electrons. The van der Waals surface area contributed by atoms with Gasteiger partial charge in [0.25, 0.3) is 0 Å². The second-order valence-electron chi connectivity index (χ2n) is 3.39. The summed E-state index contributed by atoms with van der Waals surface area (Å²) in [5.74, 6) is 0. The van der Waals surface area contributed by atoms with Crippen molar-refractivity contribution in [3.05, 3.63) is 22.4 Å². The minimum absolute atomic E-state index is 0.398. The lowest BCUT2D eigenvalue weighted by molar-refractivity contribution is 0.0420. The van der Waals surface area contributed by atoms with Gasteiger partial charge in [-0.15, -0.1) is 11.3 Å². The van der Waals surface area contributed by atoms with E-state index in [1.54, 1.807) is 18.4 Å². The van der Waals surface area contributed by atoms with Gasteiger partial charge < -0.3 is 9.84 Å². The topological polar surface area (TPSA) is 32.7 Å². The predicted octanol–water partition coefficient (Wildman–Crippen LogP) is 1.19. The number of rotatable bonds is 6. The number of nitrogens with zero attached hydrogens (tertiary/aromatic N) is 1. The quantitative estimate of drug-likeness (QED) is 0.773. The third kappa shape index (κ3) is 4.19. The van der Waals surface area contributed by atoms with Gasteiger partial charge in [-0.1, -0.05) is 6.07 Å². The highest BCUT2D eigenvalue weighted by Crippen LogP contribution is 2.10. The van der Waals surface area contributed by atoms with Crippen molar-refractivity contribution in [3.8, 4) is 0 Å². The highest BCUT2D eigenvalue weighted by molar-refractivity contribution is 7.09. The molecule has 0 aromatic carbocycles. The molecule has 0 bridgehead atoms. The molecule has 1 aromatic rings. The zero-order valence-corrected chi connectivity index (χ0v) is 9.46. The Morgan fingerprint density at radius 1 is 1.64 bits per heavy atom. The Kier molecular flexibility index (Phi) is 5.11. The van der Waals surface area contributed by atoms with Crippen molar-refractivity contribution in [3.63, 3.8) is 0 Å². The first-order valence-corrected chi connectivity index (χ1v) is 5.48. The maximum atomic E-state index is 9.48. The summed E-state index contributed by atoms with van der Waals surface area (Å²) in [5.41, 5.74) is 0. The van der Waals surface area contributed by atoms with E-state index in [9.17, 15) is 5.11 Å². The molecule has 0 aliphatic rings. The smallest absolute Gasteiger partial charge is 0.0900 e. The van der Waals surface area contributed by atoms with E-state index in [4.69, 9.17) is 4.74 Å². The highest BCUT2D eigenvalue weighted by atomic mass is 32.1. The van der Waals surface area contributed by atoms with Gasteiger partial charge in [-0.2, -0.15) is 0 Å². The standard InChI is InChI=1S/C10H17NO2S/c1-11(6-9(12)8-13-2)7-10-4-3-5-14-10/h3-5,9,12H,6-8H2,1-2H3. The van der Waals surface area contributed by atoms with Crippen LogP contribution in [0.1, 0.15) is 4.88 Å². The predicted molar refractivity (Wildman–Crippen MR) is 58.5 cm³/mol. The lowest BCUT2D eigenvalue weighted by atomic mass is 10.3. The summed E-state index contributed by atoms with van der Waals surface area (Å²) in [5, 5.41) is 11.5. The van der Waals surface area contributed by atoms with Crippen LogP contribution in [0, 0.1) is 0 Å². The van der Waals surface area contributed by atoms with E-state index < -0.39 is 6.10 Å². The zero-order valence-electron chi connectivity index (χ0n) is 8.64. The van der Waals surface area contributed by atoms with Gasteiger partial charge in [-0.3, -0.25) is 4.90 Å². The van der Waals surface area contributed by atoms with Gasteiger partial charge in [0.15, 0.2) is 0 Å². The fourth-order valence-corrected chi connectivity index (χ4v) is 2.12. The van der Waals surface area contributed by atoms with Crippen molar-refractivity contribution in [1.82, 2.24) is 4.90 Å². The highest BCUT2D eigenvalue weighted by Gasteiger charge is 2.08. The van der Waals surface area contributed by atoms with E-state index >= 15 is 0 Å². The first-order valence-electron chi connectivity index (χ1n) is 4.60. The zero-order chi connectivity index (χ0) is 10.4. The fourth-order valence-electron chi connectivity index (χ4n) is 1.34. The van der Waals surface area contributed by atoms with Crippen molar-refractivity contribution < 1.29 is 9.84 Å². The van der Waals surface area contributed by atoms with Crippen LogP contribution in [-0.4, -0.2) is 43.4 Å². The van der Waals surface area contributed by atoms with Crippen LogP contribution in [0.2, 0.25) is 0 Å². The molecule has 4 heteroatoms. The summed E-state index contributed by atoms with van der Waals surface area (Å²) < 4.78 is 4.87. The van der Waals surface area contributed by atoms with Crippen LogP contribution in [0.25, 0.3) is 0 Å². The Balaban J connectivity index is 2.25. The van der Waals surface area contributed by atoms with Crippen molar-refractivity contribution in [2.24, 2.45) is 0 Å². The molecule has 0 fully saturated rings. The van der Waals surface area contributed by atoms with Crippen LogP contribution in [0.5, 0.6) is 0 Å². The first-order chi connectivity index (χ1) is 6.72. The average molecular weight is 215 g/mol. The Bertz CT molecular complexity index is 238. The summed E-state index contributed by atoms with van der Waals surface area (Å²) in [6.45, 7) is 1.93. The van der Waals surface area contributed by atoms with E-state index in [1.807, 2.05) is 13.1 Å². The number of thiophene rings is 1. The summed E-state index contributed by atoms with van der Waals surface area (Å²) in [7, 11) is 3.60. The van der Waals surface area contributed by atoms with Gasteiger partial charge in [0.2, 0.25) is 0 Å². The number of methoxy groups -OCH3 is 1. The van der Waals surface area contributed by atoms with Gasteiger partial charge >= 0.3 is 0 Å². The molecule has 0 spiro atoms. The summed E-state index contributed by atoms with van der Waals surface area (Å²) >= 11 is 1.74. The molecule has 1 rings (SSSR count). The monoisotopic (exact) mass is 215 g/mol. The van der Waals surface area contributed by atoms with Gasteiger partial charge in [0.1, 0.15) is 0 Å². The molecule has 1 heterocycles. The van der Waals surface area contributed by atoms with Gasteiger partial charge in [0, 0.05) is 25.1 Å². The van der Waals surface area contributed by atoms with E-state index in [1.165, 1.54) is 4.88 Å². The van der Waals surface area contributed by atoms with Gasteiger partial charge in [0.05, 0.1) is 12.7 Å². The molecule has 1 unspecified atom stereocenters. The number of likely N-dealkylation sites (N-methyl/N-ethyl adjacent to an activating group) is 1. The first kappa shape index (κ1) is 11.7. The van der Waals surface area contributed by atoms with Crippen molar-refractivity contribution >= 4 is 11.3 Å². The number of aliphatic hydroxyl groups is 1. The van der Waals surface area contributed by atoms with E-state index in [0.717, 1.165) is 6.54 Å². The van der Waals surface area contributed by atoms with Crippen LogP contribution < -0.4 is 0 Å². The van der Waals surface area contributed by atoms with Crippen LogP contribution in [-0.2, 0) is 11.3 Å². The normalized spacial score (nSPS) is 13.4. The van der Waals surface area contributed by atoms with Crippen LogP contribution in [0.4, 0.5) is 0 Å². The summed E-state index contributed by atoms with van der Waals surface area (Å²) in [6, 6.07) is 4.14. The lowest BCUT2D eigenvalue weighted by Gasteiger charge is -2.19. The molecule has 0 saturated heterocycles. The SMILES string of the molecule is COCC(O)CN(C)Cc1cccs1. The summed E-state index contributed by atoms with van der Waals surface area (Å²) in [4.78, 5) is 3.41. The molecule has 80 valence electrons. The van der Waals surface area contributed by atoms with Crippen molar-refractivity contribution in [2.45, 2.75) is 12.6 Å². The molecule has 1 atom stereocenters. The Morgan fingerprint density at radius 2 is 2.43 bits per heavy atom. The molecule has 3 nitrogen and oxygen atoms in total. The third-order valence-electron chi connectivity index (χ3n) is 1.89. The lowest BCUT2D eigenvalue weighted by Crippen LogP contribution is -2.31. The molecule has 1 aromatic heterocycles. The second-order valence-corrected chi connectivity index (χ2v) is 4.42. The molecule has 0 aliphatic heterocycles. The number of hydrogen-bond acceptors (Lipinski definition) is 4. The Hall–Kier alpha value is -0.420. The molecular weight excluding hydrogens is 198 g/mol. The maximum absolute atomic E-state index is 9.48. The molecule has 1 N–H and O–H groups in total. The Labute approximate surface area is 88.9 Å². The summed E-state index contributed by atoms with van der Waals surface area (Å²) in [6.07, 6.45) is -0.398. The fraction of sp³-hybridized carbons (Fsp3) is 0.600. The third-order valence-corrected chi connectivity index (χ3v) is 2.75. The van der Waals surface area contributed by atoms with Gasteiger partial charge in [-0.05, 0) is 18.5 Å². The number of ether oxygens (including phenoxy) is 1. The van der Waals surface area contributed by atoms with Crippen molar-refractivity contribution in [2.75, 3.05) is 27.3 Å². The van der Waals surface area contributed by atoms with E-state index in [0.29, 0.717) is 13.2 Å². The largest absolute Gasteiger partial charge is 0.389 e. The van der Waals surface area contributed by atoms with Crippen LogP contribution >= 0.6 is 11.3 Å². The van der Waals surface area contributed by atoms with E-state index in [2.05, 4.69) is 16.3 Å². The number of hydrogen-bond donors (Lipinski definition) is 1. The van der Waals surface area contributed by atoms with E-state index in [-0.39, 0.29) is 0 Å². The average Bonchev–Trinajstić information content (AvgIpc) is 2.56. The Morgan fingerprint density at radius 3 is 3.00 bits per heavy atom. The maximum Gasteiger partial charge on any atom is 0.0900 e. The minimum Gasteiger partial charge on any atom is -0.389 e. The molecule has 0 aliphatic carbocycles. The minimum atomic E-state index is -0.398. The molecule has 0 amide bonds. The van der Waals surface area contributed by atoms with Crippen LogP contribution in [0.3, 0.4) is 0 Å². The molecule has 0 saturated carbocycles. The van der Waals surface area contributed by atoms with Gasteiger partial charge in [-0.25, -0.2) is 0 Å². The van der Waals surface area contributed by atoms with Crippen molar-refractivity contribution in [1.29, 1.82) is 0 Å².